The summed E-state index contributed by atoms with van der Waals surface area (Å²) in [4.78, 5) is 21.8. The van der Waals surface area contributed by atoms with Crippen molar-refractivity contribution in [2.75, 3.05) is 12.0 Å². The first-order valence-electron chi connectivity index (χ1n) is 6.29. The van der Waals surface area contributed by atoms with E-state index in [-0.39, 0.29) is 18.2 Å². The highest BCUT2D eigenvalue weighted by Crippen LogP contribution is 2.36. The van der Waals surface area contributed by atoms with Crippen LogP contribution >= 0.6 is 0 Å². The number of guanidine groups is 1. The second-order valence-electron chi connectivity index (χ2n) is 4.61. The van der Waals surface area contributed by atoms with Gasteiger partial charge in [0.25, 0.3) is 11.8 Å². The fourth-order valence-corrected chi connectivity index (χ4v) is 2.43. The Morgan fingerprint density at radius 2 is 2.10 bits per heavy atom. The lowest BCUT2D eigenvalue weighted by Crippen LogP contribution is -2.46. The normalized spacial score (nSPS) is 19.4. The number of carbonyl (C=O) groups excluding carboxylic acids is 1. The van der Waals surface area contributed by atoms with Crippen molar-refractivity contribution in [2.45, 2.75) is 6.42 Å². The Hall–Kier alpha value is -3.03. The van der Waals surface area contributed by atoms with Crippen molar-refractivity contribution in [1.29, 1.82) is 5.41 Å². The van der Waals surface area contributed by atoms with Crippen molar-refractivity contribution < 1.29 is 9.53 Å². The van der Waals surface area contributed by atoms with Crippen LogP contribution in [0.3, 0.4) is 0 Å². The Labute approximate surface area is 119 Å². The number of hydrogen-bond donors (Lipinski definition) is 1. The number of para-hydroxylation sites is 2. The van der Waals surface area contributed by atoms with Crippen LogP contribution in [0.2, 0.25) is 0 Å². The smallest absolute Gasteiger partial charge is 0.260 e. The van der Waals surface area contributed by atoms with Gasteiger partial charge in [0.1, 0.15) is 5.84 Å². The van der Waals surface area contributed by atoms with Crippen molar-refractivity contribution >= 4 is 40.8 Å². The number of nitrogens with one attached hydrogen (secondary N) is 1. The summed E-state index contributed by atoms with van der Waals surface area (Å²) in [5, 5.41) is 13.6. The second-order valence-corrected chi connectivity index (χ2v) is 4.61. The van der Waals surface area contributed by atoms with Gasteiger partial charge in [0.15, 0.2) is 0 Å². The van der Waals surface area contributed by atoms with Crippen molar-refractivity contribution in [3.8, 4) is 0 Å². The summed E-state index contributed by atoms with van der Waals surface area (Å²) in [5.41, 5.74) is 1.45. The van der Waals surface area contributed by atoms with Crippen molar-refractivity contribution in [2.24, 2.45) is 15.1 Å². The number of methoxy groups -OCH3 is 1. The molecular formula is C13H10N6O2. The first-order chi connectivity index (χ1) is 10.2. The molecule has 8 heteroatoms. The molecule has 0 aromatic heterocycles. The quantitative estimate of drug-likeness (QED) is 0.770. The second kappa shape index (κ2) is 3.98. The van der Waals surface area contributed by atoms with Gasteiger partial charge in [-0.3, -0.25) is 15.1 Å². The number of nitrogens with zero attached hydrogens (tertiary/aromatic N) is 5. The lowest BCUT2D eigenvalue weighted by molar-refractivity contribution is -0.117. The fourth-order valence-electron chi connectivity index (χ4n) is 2.43. The molecule has 0 saturated carbocycles. The topological polar surface area (TPSA) is 93.7 Å². The van der Waals surface area contributed by atoms with Crippen molar-refractivity contribution in [3.63, 3.8) is 0 Å². The zero-order chi connectivity index (χ0) is 14.6. The van der Waals surface area contributed by atoms with Gasteiger partial charge >= 0.3 is 0 Å². The largest absolute Gasteiger partial charge is 0.478 e. The molecule has 1 N–H and O–H groups in total. The molecule has 1 amide bonds. The van der Waals surface area contributed by atoms with Crippen LogP contribution < -0.4 is 4.90 Å². The molecule has 0 spiro atoms. The number of amides is 1. The maximum absolute atomic E-state index is 11.7. The van der Waals surface area contributed by atoms with E-state index < -0.39 is 0 Å². The highest BCUT2D eigenvalue weighted by Gasteiger charge is 2.43. The Morgan fingerprint density at radius 1 is 1.29 bits per heavy atom. The van der Waals surface area contributed by atoms with E-state index in [9.17, 15) is 4.79 Å². The minimum Gasteiger partial charge on any atom is -0.478 e. The third-order valence-electron chi connectivity index (χ3n) is 3.32. The number of fused-ring (bicyclic) bond motifs is 5. The zero-order valence-corrected chi connectivity index (χ0v) is 11.1. The molecule has 4 rings (SSSR count). The van der Waals surface area contributed by atoms with Gasteiger partial charge in [-0.05, 0) is 12.1 Å². The summed E-state index contributed by atoms with van der Waals surface area (Å²) < 4.78 is 5.27. The third-order valence-corrected chi connectivity index (χ3v) is 3.32. The van der Waals surface area contributed by atoms with Crippen LogP contribution in [-0.4, -0.2) is 41.6 Å². The molecule has 0 radical (unpaired) electrons. The molecule has 0 unspecified atom stereocenters. The first kappa shape index (κ1) is 11.8. The predicted octanol–water partition coefficient (Wildman–Crippen LogP) is 1.08. The average Bonchev–Trinajstić information content (AvgIpc) is 2.86. The minimum atomic E-state index is -0.360. The number of benzene rings is 1. The first-order valence-corrected chi connectivity index (χ1v) is 6.29. The van der Waals surface area contributed by atoms with Crippen LogP contribution in [0.1, 0.15) is 6.42 Å². The van der Waals surface area contributed by atoms with Crippen LogP contribution in [0.4, 0.5) is 11.4 Å². The van der Waals surface area contributed by atoms with Crippen LogP contribution in [0.5, 0.6) is 0 Å². The number of rotatable bonds is 0. The molecule has 3 heterocycles. The van der Waals surface area contributed by atoms with Gasteiger partial charge in [-0.25, -0.2) is 4.99 Å². The van der Waals surface area contributed by atoms with Crippen molar-refractivity contribution in [3.05, 3.63) is 24.3 Å². The number of ether oxygens (including phenoxy) is 1. The standard InChI is InChI=1S/C13H10N6O2/c1-21-12-11-17-19-9(14)6-10(20)16-13(19)18(11)8-5-3-2-4-7(8)15-12/h2-5,14H,6H2,1H3. The maximum Gasteiger partial charge on any atom is 0.260 e. The summed E-state index contributed by atoms with van der Waals surface area (Å²) >= 11 is 0. The summed E-state index contributed by atoms with van der Waals surface area (Å²) in [6.07, 6.45) is -0.0603. The number of hydrazone groups is 1. The third kappa shape index (κ3) is 1.52. The van der Waals surface area contributed by atoms with E-state index >= 15 is 0 Å². The molecule has 0 fully saturated rings. The zero-order valence-electron chi connectivity index (χ0n) is 11.1. The number of aliphatic imine (C=N–C) groups is 2. The minimum absolute atomic E-state index is 0.0603. The van der Waals surface area contributed by atoms with Gasteiger partial charge in [0, 0.05) is 0 Å². The van der Waals surface area contributed by atoms with Gasteiger partial charge < -0.3 is 4.74 Å². The molecule has 0 aliphatic carbocycles. The van der Waals surface area contributed by atoms with E-state index in [1.807, 2.05) is 24.3 Å². The van der Waals surface area contributed by atoms with Gasteiger partial charge in [-0.2, -0.15) is 10.0 Å². The van der Waals surface area contributed by atoms with Gasteiger partial charge in [0.2, 0.25) is 11.8 Å². The van der Waals surface area contributed by atoms with E-state index in [0.717, 1.165) is 5.69 Å². The average molecular weight is 282 g/mol. The number of carbonyl (C=O) groups is 1. The Morgan fingerprint density at radius 3 is 2.90 bits per heavy atom. The lowest BCUT2D eigenvalue weighted by Gasteiger charge is -2.27. The van der Waals surface area contributed by atoms with Gasteiger partial charge in [-0.15, -0.1) is 5.10 Å². The molecule has 3 aliphatic heterocycles. The number of anilines is 1. The summed E-state index contributed by atoms with van der Waals surface area (Å²) in [5.74, 6) is 0.769. The van der Waals surface area contributed by atoms with E-state index in [1.165, 1.54) is 12.1 Å². The van der Waals surface area contributed by atoms with Crippen LogP contribution in [0.15, 0.2) is 39.4 Å². The van der Waals surface area contributed by atoms with E-state index in [2.05, 4.69) is 15.1 Å². The maximum atomic E-state index is 11.7. The van der Waals surface area contributed by atoms with Crippen LogP contribution in [0, 0.1) is 5.41 Å². The Kier molecular flexibility index (Phi) is 2.23. The summed E-state index contributed by atoms with van der Waals surface area (Å²) in [6.45, 7) is 0. The molecule has 1 aromatic carbocycles. The molecule has 0 bridgehead atoms. The summed E-state index contributed by atoms with van der Waals surface area (Å²) in [6, 6.07) is 7.42. The van der Waals surface area contributed by atoms with E-state index in [0.29, 0.717) is 23.4 Å². The molecule has 0 atom stereocenters. The van der Waals surface area contributed by atoms with Crippen molar-refractivity contribution in [1.82, 2.24) is 5.01 Å². The van der Waals surface area contributed by atoms with E-state index in [4.69, 9.17) is 10.1 Å². The number of amidine groups is 2. The summed E-state index contributed by atoms with van der Waals surface area (Å²) in [7, 11) is 1.50. The highest BCUT2D eigenvalue weighted by atomic mass is 16.5. The van der Waals surface area contributed by atoms with Crippen LogP contribution in [0.25, 0.3) is 0 Å². The Bertz CT molecular complexity index is 779. The molecule has 104 valence electrons. The predicted molar refractivity (Wildman–Crippen MR) is 77.1 cm³/mol. The molecule has 3 aliphatic rings. The molecule has 21 heavy (non-hydrogen) atoms. The Balaban J connectivity index is 1.96. The van der Waals surface area contributed by atoms with Gasteiger partial charge in [-0.1, -0.05) is 12.1 Å². The monoisotopic (exact) mass is 282 g/mol. The fraction of sp³-hybridized carbons (Fsp3) is 0.154. The molecule has 1 aromatic rings. The molecular weight excluding hydrogens is 272 g/mol. The molecule has 8 nitrogen and oxygen atoms in total. The van der Waals surface area contributed by atoms with Gasteiger partial charge in [0.05, 0.1) is 24.9 Å². The van der Waals surface area contributed by atoms with E-state index in [1.54, 1.807) is 4.90 Å². The number of hydrogen-bond acceptors (Lipinski definition) is 6. The highest BCUT2D eigenvalue weighted by molar-refractivity contribution is 6.52. The molecule has 0 saturated heterocycles. The lowest BCUT2D eigenvalue weighted by atomic mass is 10.2. The van der Waals surface area contributed by atoms with Crippen LogP contribution in [-0.2, 0) is 9.53 Å². The SMILES string of the molecule is COC1=Nc2ccccc2N2C1=NN1C(=N)CC(=O)N=C12.